The van der Waals surface area contributed by atoms with E-state index in [9.17, 15) is 18.3 Å². The summed E-state index contributed by atoms with van der Waals surface area (Å²) in [5.74, 6) is -0.464. The molecule has 1 unspecified atom stereocenters. The molecule has 0 bridgehead atoms. The molecule has 30 heavy (non-hydrogen) atoms. The zero-order chi connectivity index (χ0) is 21.6. The number of anilines is 1. The minimum Gasteiger partial charge on any atom is -0.497 e. The Kier molecular flexibility index (Phi) is 7.30. The minimum atomic E-state index is -3.84. The predicted octanol–water partition coefficient (Wildman–Crippen LogP) is 2.51. The van der Waals surface area contributed by atoms with E-state index in [0.717, 1.165) is 24.2 Å². The largest absolute Gasteiger partial charge is 0.497 e. The van der Waals surface area contributed by atoms with Crippen molar-refractivity contribution < 1.29 is 27.8 Å². The Hall–Kier alpha value is -2.62. The van der Waals surface area contributed by atoms with E-state index in [-0.39, 0.29) is 23.1 Å². The van der Waals surface area contributed by atoms with Crippen molar-refractivity contribution in [3.8, 4) is 5.75 Å². The van der Waals surface area contributed by atoms with Gasteiger partial charge in [0.15, 0.2) is 0 Å². The zero-order valence-corrected chi connectivity index (χ0v) is 17.6. The highest BCUT2D eigenvalue weighted by atomic mass is 32.2. The van der Waals surface area contributed by atoms with Crippen molar-refractivity contribution in [2.24, 2.45) is 0 Å². The Morgan fingerprint density at radius 1 is 1.23 bits per heavy atom. The predicted molar refractivity (Wildman–Crippen MR) is 113 cm³/mol. The molecule has 8 nitrogen and oxygen atoms in total. The summed E-state index contributed by atoms with van der Waals surface area (Å²) in [5, 5.41) is 12.6. The molecule has 1 saturated heterocycles. The van der Waals surface area contributed by atoms with Crippen LogP contribution in [0.25, 0.3) is 0 Å². The molecule has 2 aromatic rings. The highest BCUT2D eigenvalue weighted by Crippen LogP contribution is 2.22. The number of sulfonamides is 1. The molecule has 0 aromatic heterocycles. The summed E-state index contributed by atoms with van der Waals surface area (Å²) >= 11 is 0. The summed E-state index contributed by atoms with van der Waals surface area (Å²) in [6, 6.07) is 11.4. The molecule has 162 valence electrons. The third kappa shape index (κ3) is 5.71. The molecule has 3 N–H and O–H groups in total. The lowest BCUT2D eigenvalue weighted by Gasteiger charge is -2.15. The first kappa shape index (κ1) is 22.1. The quantitative estimate of drug-likeness (QED) is 0.526. The molecular weight excluding hydrogens is 408 g/mol. The highest BCUT2D eigenvalue weighted by molar-refractivity contribution is 7.89. The van der Waals surface area contributed by atoms with Crippen molar-refractivity contribution >= 4 is 21.7 Å². The van der Waals surface area contributed by atoms with Crippen LogP contribution in [0.5, 0.6) is 5.75 Å². The van der Waals surface area contributed by atoms with Crippen molar-refractivity contribution in [2.75, 3.05) is 32.1 Å². The number of nitrogens with one attached hydrogen (secondary N) is 2. The summed E-state index contributed by atoms with van der Waals surface area (Å²) < 4.78 is 38.4. The minimum absolute atomic E-state index is 0.0367. The van der Waals surface area contributed by atoms with Gasteiger partial charge in [0.2, 0.25) is 10.0 Å². The van der Waals surface area contributed by atoms with Crippen LogP contribution >= 0.6 is 0 Å². The number of rotatable bonds is 10. The second-order valence-corrected chi connectivity index (χ2v) is 8.79. The van der Waals surface area contributed by atoms with Crippen LogP contribution in [0.2, 0.25) is 0 Å². The number of hydrogen-bond acceptors (Lipinski definition) is 6. The van der Waals surface area contributed by atoms with Gasteiger partial charge >= 0.3 is 5.97 Å². The average Bonchev–Trinajstić information content (AvgIpc) is 3.26. The Balaban J connectivity index is 1.64. The van der Waals surface area contributed by atoms with Crippen LogP contribution in [-0.4, -0.2) is 52.4 Å². The van der Waals surface area contributed by atoms with Gasteiger partial charge in [0.1, 0.15) is 5.75 Å². The molecule has 2 aromatic carbocycles. The summed E-state index contributed by atoms with van der Waals surface area (Å²) in [6.45, 7) is 1.38. The topological polar surface area (TPSA) is 114 Å². The first-order valence-electron chi connectivity index (χ1n) is 9.74. The Bertz CT molecular complexity index is 969. The van der Waals surface area contributed by atoms with Crippen LogP contribution in [-0.2, 0) is 21.2 Å². The summed E-state index contributed by atoms with van der Waals surface area (Å²) in [4.78, 5) is 11.6. The molecule has 0 aliphatic carbocycles. The van der Waals surface area contributed by atoms with Crippen LogP contribution in [0.3, 0.4) is 0 Å². The maximum Gasteiger partial charge on any atom is 0.337 e. The molecule has 9 heteroatoms. The molecule has 0 saturated carbocycles. The summed E-state index contributed by atoms with van der Waals surface area (Å²) in [7, 11) is -2.26. The van der Waals surface area contributed by atoms with Gasteiger partial charge in [0, 0.05) is 25.4 Å². The van der Waals surface area contributed by atoms with Crippen molar-refractivity contribution in [1.29, 1.82) is 0 Å². The first-order chi connectivity index (χ1) is 14.4. The molecule has 1 atom stereocenters. The van der Waals surface area contributed by atoms with Crippen LogP contribution in [0.1, 0.15) is 28.8 Å². The van der Waals surface area contributed by atoms with Crippen LogP contribution < -0.4 is 14.8 Å². The number of benzene rings is 2. The van der Waals surface area contributed by atoms with Crippen molar-refractivity contribution in [3.63, 3.8) is 0 Å². The van der Waals surface area contributed by atoms with E-state index < -0.39 is 16.0 Å². The number of ether oxygens (including phenoxy) is 2. The number of methoxy groups -OCH3 is 1. The molecule has 0 radical (unpaired) electrons. The monoisotopic (exact) mass is 434 g/mol. The van der Waals surface area contributed by atoms with E-state index in [4.69, 9.17) is 9.47 Å². The van der Waals surface area contributed by atoms with E-state index >= 15 is 0 Å². The number of hydrogen-bond donors (Lipinski definition) is 3. The maximum absolute atomic E-state index is 12.6. The number of aromatic carboxylic acids is 1. The van der Waals surface area contributed by atoms with Gasteiger partial charge < -0.3 is 19.9 Å². The second kappa shape index (κ2) is 9.92. The van der Waals surface area contributed by atoms with Gasteiger partial charge in [-0.2, -0.15) is 0 Å². The smallest absolute Gasteiger partial charge is 0.337 e. The van der Waals surface area contributed by atoms with Crippen molar-refractivity contribution in [3.05, 3.63) is 53.6 Å². The molecule has 1 aliphatic rings. The van der Waals surface area contributed by atoms with Crippen molar-refractivity contribution in [1.82, 2.24) is 4.72 Å². The number of carbonyl (C=O) groups is 1. The second-order valence-electron chi connectivity index (χ2n) is 7.02. The Labute approximate surface area is 176 Å². The summed E-state index contributed by atoms with van der Waals surface area (Å²) in [6.07, 6.45) is 2.43. The van der Waals surface area contributed by atoms with Gasteiger partial charge in [-0.3, -0.25) is 0 Å². The molecule has 1 heterocycles. The van der Waals surface area contributed by atoms with Gasteiger partial charge in [-0.15, -0.1) is 0 Å². The highest BCUT2D eigenvalue weighted by Gasteiger charge is 2.20. The first-order valence-corrected chi connectivity index (χ1v) is 11.2. The van der Waals surface area contributed by atoms with Gasteiger partial charge in [0.25, 0.3) is 0 Å². The van der Waals surface area contributed by atoms with E-state index in [1.54, 1.807) is 7.11 Å². The number of carboxylic acids is 1. The lowest BCUT2D eigenvalue weighted by molar-refractivity contribution is 0.0697. The van der Waals surface area contributed by atoms with Crippen LogP contribution in [0.4, 0.5) is 5.69 Å². The van der Waals surface area contributed by atoms with Gasteiger partial charge in [-0.1, -0.05) is 12.1 Å². The fraction of sp³-hybridized carbons (Fsp3) is 0.381. The van der Waals surface area contributed by atoms with E-state index in [1.807, 2.05) is 24.3 Å². The lowest BCUT2D eigenvalue weighted by atomic mass is 10.1. The van der Waals surface area contributed by atoms with Gasteiger partial charge in [0.05, 0.1) is 23.7 Å². The molecular formula is C21H26N2O6S. The van der Waals surface area contributed by atoms with E-state index in [2.05, 4.69) is 10.0 Å². The van der Waals surface area contributed by atoms with Gasteiger partial charge in [-0.25, -0.2) is 17.9 Å². The standard InChI is InChI=1S/C21H26N2O6S/c1-28-16-6-4-15(5-7-16)10-11-23-30(26,27)18-8-9-20(19(13-18)21(24)25)22-14-17-3-2-12-29-17/h4-9,13,17,22-23H,2-3,10-12,14H2,1H3,(H,24,25). The van der Waals surface area contributed by atoms with Gasteiger partial charge in [-0.05, 0) is 55.2 Å². The third-order valence-corrected chi connectivity index (χ3v) is 6.40. The van der Waals surface area contributed by atoms with E-state index in [0.29, 0.717) is 25.3 Å². The molecule has 3 rings (SSSR count). The van der Waals surface area contributed by atoms with Crippen LogP contribution in [0, 0.1) is 0 Å². The Morgan fingerprint density at radius 2 is 2.00 bits per heavy atom. The zero-order valence-electron chi connectivity index (χ0n) is 16.8. The molecule has 1 aliphatic heterocycles. The molecule has 1 fully saturated rings. The van der Waals surface area contributed by atoms with Crippen molar-refractivity contribution in [2.45, 2.75) is 30.3 Å². The Morgan fingerprint density at radius 3 is 2.63 bits per heavy atom. The lowest BCUT2D eigenvalue weighted by Crippen LogP contribution is -2.26. The van der Waals surface area contributed by atoms with E-state index in [1.165, 1.54) is 18.2 Å². The normalized spacial score (nSPS) is 16.4. The summed E-state index contributed by atoms with van der Waals surface area (Å²) in [5.41, 5.74) is 1.24. The fourth-order valence-corrected chi connectivity index (χ4v) is 4.31. The fourth-order valence-electron chi connectivity index (χ4n) is 3.26. The van der Waals surface area contributed by atoms with Crippen LogP contribution in [0.15, 0.2) is 47.4 Å². The third-order valence-electron chi connectivity index (χ3n) is 4.94. The molecule has 0 spiro atoms. The average molecular weight is 435 g/mol. The SMILES string of the molecule is COc1ccc(CCNS(=O)(=O)c2ccc(NCC3CCCO3)c(C(=O)O)c2)cc1. The maximum atomic E-state index is 12.6. The molecule has 0 amide bonds. The number of carboxylic acid groups (broad SMARTS) is 1.